The Labute approximate surface area is 119 Å². The van der Waals surface area contributed by atoms with Gasteiger partial charge in [0, 0.05) is 13.1 Å². The van der Waals surface area contributed by atoms with E-state index in [4.69, 9.17) is 0 Å². The molecule has 1 aliphatic rings. The molecule has 2 N–H and O–H groups in total. The zero-order valence-electron chi connectivity index (χ0n) is 11.7. The first kappa shape index (κ1) is 13.1. The fourth-order valence-electron chi connectivity index (χ4n) is 2.92. The van der Waals surface area contributed by atoms with Crippen LogP contribution < -0.4 is 10.6 Å². The van der Waals surface area contributed by atoms with Crippen molar-refractivity contribution < 1.29 is 4.79 Å². The first-order chi connectivity index (χ1) is 9.75. The molecule has 3 rings (SSSR count). The van der Waals surface area contributed by atoms with Gasteiger partial charge in [0.2, 0.25) is 5.91 Å². The molecule has 0 aromatic heterocycles. The number of carbonyl (C=O) groups is 1. The number of fused-ring (bicyclic) bond motifs is 1. The fourth-order valence-corrected chi connectivity index (χ4v) is 2.92. The molecule has 1 aliphatic heterocycles. The van der Waals surface area contributed by atoms with Crippen LogP contribution in [0.3, 0.4) is 0 Å². The van der Waals surface area contributed by atoms with Gasteiger partial charge in [0.15, 0.2) is 0 Å². The minimum Gasteiger partial charge on any atom is -0.352 e. The third-order valence-electron chi connectivity index (χ3n) is 4.19. The first-order valence-corrected chi connectivity index (χ1v) is 7.21. The van der Waals surface area contributed by atoms with Gasteiger partial charge in [0.25, 0.3) is 0 Å². The molecule has 104 valence electrons. The average molecular weight is 268 g/mol. The van der Waals surface area contributed by atoms with Crippen LogP contribution in [0.5, 0.6) is 0 Å². The molecule has 2 atom stereocenters. The summed E-state index contributed by atoms with van der Waals surface area (Å²) in [6.45, 7) is 4.46. The van der Waals surface area contributed by atoms with Crippen molar-refractivity contribution in [1.29, 1.82) is 0 Å². The maximum Gasteiger partial charge on any atom is 0.224 e. The average Bonchev–Trinajstić information content (AvgIpc) is 2.91. The van der Waals surface area contributed by atoms with Gasteiger partial charge in [0.05, 0.1) is 5.92 Å². The van der Waals surface area contributed by atoms with Crippen molar-refractivity contribution in [1.82, 2.24) is 10.6 Å². The highest BCUT2D eigenvalue weighted by Crippen LogP contribution is 2.19. The quantitative estimate of drug-likeness (QED) is 0.897. The van der Waals surface area contributed by atoms with Crippen LogP contribution in [0.1, 0.15) is 12.5 Å². The van der Waals surface area contributed by atoms with Gasteiger partial charge in [-0.15, -0.1) is 0 Å². The minimum absolute atomic E-state index is 0.102. The Bertz CT molecular complexity index is 618. The van der Waals surface area contributed by atoms with Crippen molar-refractivity contribution in [3.8, 4) is 0 Å². The maximum absolute atomic E-state index is 12.2. The molecule has 1 fully saturated rings. The highest BCUT2D eigenvalue weighted by atomic mass is 16.1. The van der Waals surface area contributed by atoms with Crippen LogP contribution in [-0.2, 0) is 11.3 Å². The number of benzene rings is 2. The number of carbonyl (C=O) groups excluding carboxylic acids is 1. The smallest absolute Gasteiger partial charge is 0.224 e. The molecule has 0 spiro atoms. The molecule has 1 saturated heterocycles. The van der Waals surface area contributed by atoms with Crippen molar-refractivity contribution in [2.24, 2.45) is 11.8 Å². The number of amides is 1. The predicted molar refractivity (Wildman–Crippen MR) is 81.3 cm³/mol. The van der Waals surface area contributed by atoms with E-state index in [1.807, 2.05) is 18.2 Å². The standard InChI is InChI=1S/C17H20N2O/c1-12-9-18-11-16(12)17(20)19-10-14-7-4-6-13-5-2-3-8-15(13)14/h2-8,12,16,18H,9-11H2,1H3,(H,19,20). The summed E-state index contributed by atoms with van der Waals surface area (Å²) in [7, 11) is 0. The van der Waals surface area contributed by atoms with Crippen molar-refractivity contribution in [2.75, 3.05) is 13.1 Å². The van der Waals surface area contributed by atoms with Gasteiger partial charge in [-0.05, 0) is 28.8 Å². The van der Waals surface area contributed by atoms with Crippen LogP contribution in [0.2, 0.25) is 0 Å². The Kier molecular flexibility index (Phi) is 3.70. The van der Waals surface area contributed by atoms with Gasteiger partial charge >= 0.3 is 0 Å². The zero-order chi connectivity index (χ0) is 13.9. The van der Waals surface area contributed by atoms with E-state index in [2.05, 4.69) is 41.8 Å². The lowest BCUT2D eigenvalue weighted by Crippen LogP contribution is -2.33. The topological polar surface area (TPSA) is 41.1 Å². The number of rotatable bonds is 3. The molecule has 0 saturated carbocycles. The van der Waals surface area contributed by atoms with Crippen molar-refractivity contribution in [3.05, 3.63) is 48.0 Å². The van der Waals surface area contributed by atoms with Crippen LogP contribution in [-0.4, -0.2) is 19.0 Å². The summed E-state index contributed by atoms with van der Waals surface area (Å²) in [6.07, 6.45) is 0. The molecule has 2 aromatic carbocycles. The van der Waals surface area contributed by atoms with E-state index in [1.54, 1.807) is 0 Å². The molecule has 2 aromatic rings. The normalized spacial score (nSPS) is 22.1. The number of nitrogens with one attached hydrogen (secondary N) is 2. The van der Waals surface area contributed by atoms with Crippen LogP contribution in [0.25, 0.3) is 10.8 Å². The summed E-state index contributed by atoms with van der Waals surface area (Å²) in [5.41, 5.74) is 1.18. The lowest BCUT2D eigenvalue weighted by Gasteiger charge is -2.15. The third-order valence-corrected chi connectivity index (χ3v) is 4.19. The molecule has 2 unspecified atom stereocenters. The minimum atomic E-state index is 0.102. The van der Waals surface area contributed by atoms with E-state index in [9.17, 15) is 4.79 Å². The number of hydrogen-bond donors (Lipinski definition) is 2. The Hall–Kier alpha value is -1.87. The van der Waals surface area contributed by atoms with Gasteiger partial charge in [0.1, 0.15) is 0 Å². The molecular formula is C17H20N2O. The van der Waals surface area contributed by atoms with Crippen molar-refractivity contribution in [2.45, 2.75) is 13.5 Å². The maximum atomic E-state index is 12.2. The lowest BCUT2D eigenvalue weighted by molar-refractivity contribution is -0.125. The molecule has 20 heavy (non-hydrogen) atoms. The Balaban J connectivity index is 1.72. The second-order valence-corrected chi connectivity index (χ2v) is 5.60. The monoisotopic (exact) mass is 268 g/mol. The van der Waals surface area contributed by atoms with Gasteiger partial charge in [-0.25, -0.2) is 0 Å². The van der Waals surface area contributed by atoms with Crippen LogP contribution in [0.4, 0.5) is 0 Å². The van der Waals surface area contributed by atoms with Gasteiger partial charge in [-0.1, -0.05) is 49.4 Å². The van der Waals surface area contributed by atoms with E-state index in [-0.39, 0.29) is 11.8 Å². The summed E-state index contributed by atoms with van der Waals surface area (Å²) in [5.74, 6) is 0.683. The van der Waals surface area contributed by atoms with E-state index in [0.29, 0.717) is 12.5 Å². The molecule has 3 heteroatoms. The van der Waals surface area contributed by atoms with Gasteiger partial charge in [-0.3, -0.25) is 4.79 Å². The number of hydrogen-bond acceptors (Lipinski definition) is 2. The second-order valence-electron chi connectivity index (χ2n) is 5.60. The first-order valence-electron chi connectivity index (χ1n) is 7.21. The van der Waals surface area contributed by atoms with Crippen molar-refractivity contribution in [3.63, 3.8) is 0 Å². The van der Waals surface area contributed by atoms with Crippen LogP contribution in [0.15, 0.2) is 42.5 Å². The SMILES string of the molecule is CC1CNCC1C(=O)NCc1cccc2ccccc12. The largest absolute Gasteiger partial charge is 0.352 e. The van der Waals surface area contributed by atoms with Gasteiger partial charge in [-0.2, -0.15) is 0 Å². The molecule has 1 heterocycles. The summed E-state index contributed by atoms with van der Waals surface area (Å²) >= 11 is 0. The highest BCUT2D eigenvalue weighted by Gasteiger charge is 2.29. The highest BCUT2D eigenvalue weighted by molar-refractivity contribution is 5.86. The summed E-state index contributed by atoms with van der Waals surface area (Å²) in [6, 6.07) is 14.5. The zero-order valence-corrected chi connectivity index (χ0v) is 11.7. The van der Waals surface area contributed by atoms with Gasteiger partial charge < -0.3 is 10.6 Å². The molecule has 1 amide bonds. The Morgan fingerprint density at radius 1 is 1.20 bits per heavy atom. The van der Waals surface area contributed by atoms with Crippen LogP contribution in [0, 0.1) is 11.8 Å². The molecule has 3 nitrogen and oxygen atoms in total. The van der Waals surface area contributed by atoms with Crippen molar-refractivity contribution >= 4 is 16.7 Å². The molecule has 0 aliphatic carbocycles. The fraction of sp³-hybridized carbons (Fsp3) is 0.353. The molecule has 0 radical (unpaired) electrons. The Morgan fingerprint density at radius 2 is 2.00 bits per heavy atom. The molecular weight excluding hydrogens is 248 g/mol. The van der Waals surface area contributed by atoms with E-state index < -0.39 is 0 Å². The summed E-state index contributed by atoms with van der Waals surface area (Å²) < 4.78 is 0. The molecule has 0 bridgehead atoms. The Morgan fingerprint density at radius 3 is 2.80 bits per heavy atom. The second kappa shape index (κ2) is 5.63. The van der Waals surface area contributed by atoms with E-state index in [1.165, 1.54) is 16.3 Å². The predicted octanol–water partition coefficient (Wildman–Crippen LogP) is 2.31. The van der Waals surface area contributed by atoms with E-state index >= 15 is 0 Å². The van der Waals surface area contributed by atoms with E-state index in [0.717, 1.165) is 13.1 Å². The lowest BCUT2D eigenvalue weighted by atomic mass is 9.97. The van der Waals surface area contributed by atoms with Crippen LogP contribution >= 0.6 is 0 Å². The third kappa shape index (κ3) is 2.54. The summed E-state index contributed by atoms with van der Waals surface area (Å²) in [4.78, 5) is 12.2. The summed E-state index contributed by atoms with van der Waals surface area (Å²) in [5, 5.41) is 8.79.